The average Bonchev–Trinajstić information content (AvgIpc) is 2.83. The van der Waals surface area contributed by atoms with E-state index in [1.807, 2.05) is 0 Å². The largest absolute Gasteiger partial charge is 0.454 e. The number of hydrogen-bond donors (Lipinski definition) is 1. The molecule has 0 unspecified atom stereocenters. The number of sulfonamides is 1. The zero-order valence-electron chi connectivity index (χ0n) is 19.0. The third-order valence-corrected chi connectivity index (χ3v) is 6.81. The molecular weight excluding hydrogens is 475 g/mol. The molecule has 10 heteroatoms. The predicted octanol–water partition coefficient (Wildman–Crippen LogP) is 4.04. The lowest BCUT2D eigenvalue weighted by Crippen LogP contribution is -2.30. The summed E-state index contributed by atoms with van der Waals surface area (Å²) in [6.07, 6.45) is 0. The maximum absolute atomic E-state index is 14.2. The molecule has 0 fully saturated rings. The van der Waals surface area contributed by atoms with Crippen molar-refractivity contribution in [3.63, 3.8) is 0 Å². The fraction of sp³-hybridized carbons (Fsp3) is 0.160. The number of nitrogens with one attached hydrogen (secondary N) is 1. The van der Waals surface area contributed by atoms with Gasteiger partial charge in [0.25, 0.3) is 10.0 Å². The molecule has 0 saturated carbocycles. The fourth-order valence-corrected chi connectivity index (χ4v) is 4.83. The molecule has 182 valence electrons. The van der Waals surface area contributed by atoms with Gasteiger partial charge in [-0.15, -0.1) is 0 Å². The molecule has 0 aliphatic heterocycles. The van der Waals surface area contributed by atoms with E-state index in [0.29, 0.717) is 5.69 Å². The van der Waals surface area contributed by atoms with Crippen LogP contribution in [0.2, 0.25) is 0 Å². The topological polar surface area (TPSA) is 110 Å². The van der Waals surface area contributed by atoms with Crippen LogP contribution in [0.3, 0.4) is 0 Å². The minimum absolute atomic E-state index is 0.0792. The van der Waals surface area contributed by atoms with Crippen molar-refractivity contribution in [2.75, 3.05) is 22.8 Å². The maximum Gasteiger partial charge on any atom is 0.338 e. The van der Waals surface area contributed by atoms with Crippen molar-refractivity contribution in [1.82, 2.24) is 0 Å². The van der Waals surface area contributed by atoms with Gasteiger partial charge in [0.05, 0.1) is 21.7 Å². The lowest BCUT2D eigenvalue weighted by Gasteiger charge is -2.23. The second-order valence-corrected chi connectivity index (χ2v) is 9.27. The van der Waals surface area contributed by atoms with Crippen LogP contribution in [0.4, 0.5) is 15.8 Å². The van der Waals surface area contributed by atoms with Crippen molar-refractivity contribution >= 4 is 39.1 Å². The van der Waals surface area contributed by atoms with Crippen LogP contribution >= 0.6 is 0 Å². The second-order valence-electron chi connectivity index (χ2n) is 7.41. The summed E-state index contributed by atoms with van der Waals surface area (Å²) in [5.74, 6) is -3.01. The highest BCUT2D eigenvalue weighted by Crippen LogP contribution is 2.24. The van der Waals surface area contributed by atoms with Crippen LogP contribution in [-0.4, -0.2) is 39.2 Å². The molecule has 1 amide bonds. The number of amides is 1. The van der Waals surface area contributed by atoms with Crippen molar-refractivity contribution in [3.05, 3.63) is 89.7 Å². The number of carbonyl (C=O) groups excluding carboxylic acids is 3. The van der Waals surface area contributed by atoms with Crippen LogP contribution in [0.15, 0.2) is 77.7 Å². The number of anilines is 2. The van der Waals surface area contributed by atoms with Crippen molar-refractivity contribution in [2.24, 2.45) is 0 Å². The third kappa shape index (κ3) is 6.10. The van der Waals surface area contributed by atoms with Crippen molar-refractivity contribution in [1.29, 1.82) is 0 Å². The van der Waals surface area contributed by atoms with Gasteiger partial charge >= 0.3 is 5.97 Å². The molecule has 3 aromatic rings. The Bertz CT molecular complexity index is 1360. The summed E-state index contributed by atoms with van der Waals surface area (Å²) in [4.78, 5) is 35.8. The Hall–Kier alpha value is -4.05. The Balaban J connectivity index is 1.73. The number of nitrogens with zero attached hydrogens (tertiary/aromatic N) is 1. The van der Waals surface area contributed by atoms with E-state index in [2.05, 4.69) is 5.32 Å². The number of Topliss-reactive ketones (excluding diaryl/α,β-unsaturated/α-hetero) is 1. The molecule has 35 heavy (non-hydrogen) atoms. The first-order valence-electron chi connectivity index (χ1n) is 10.6. The van der Waals surface area contributed by atoms with Crippen molar-refractivity contribution in [3.8, 4) is 0 Å². The number of para-hydroxylation sites is 1. The molecule has 3 aromatic carbocycles. The molecule has 1 N–H and O–H groups in total. The van der Waals surface area contributed by atoms with E-state index in [4.69, 9.17) is 4.74 Å². The van der Waals surface area contributed by atoms with Gasteiger partial charge in [0, 0.05) is 19.2 Å². The van der Waals surface area contributed by atoms with Gasteiger partial charge in [-0.2, -0.15) is 0 Å². The van der Waals surface area contributed by atoms with Crippen LogP contribution in [0.25, 0.3) is 0 Å². The number of carbonyl (C=O) groups is 3. The number of hydrogen-bond acceptors (Lipinski definition) is 6. The van der Waals surface area contributed by atoms with E-state index in [0.717, 1.165) is 12.1 Å². The van der Waals surface area contributed by atoms with E-state index in [1.54, 1.807) is 37.3 Å². The smallest absolute Gasteiger partial charge is 0.338 e. The Morgan fingerprint density at radius 1 is 0.971 bits per heavy atom. The number of rotatable bonds is 9. The normalized spacial score (nSPS) is 10.9. The summed E-state index contributed by atoms with van der Waals surface area (Å²) in [5.41, 5.74) is 0.257. The van der Waals surface area contributed by atoms with Crippen molar-refractivity contribution < 1.29 is 31.9 Å². The Morgan fingerprint density at radius 3 is 2.31 bits per heavy atom. The molecule has 0 atom stereocenters. The molecule has 0 bridgehead atoms. The van der Waals surface area contributed by atoms with Crippen LogP contribution in [-0.2, 0) is 19.6 Å². The molecule has 3 rings (SSSR count). The van der Waals surface area contributed by atoms with E-state index >= 15 is 0 Å². The minimum Gasteiger partial charge on any atom is -0.454 e. The third-order valence-electron chi connectivity index (χ3n) is 4.91. The number of benzene rings is 3. The van der Waals surface area contributed by atoms with Gasteiger partial charge in [0.2, 0.25) is 11.7 Å². The zero-order chi connectivity index (χ0) is 25.6. The predicted molar refractivity (Wildman–Crippen MR) is 128 cm³/mol. The molecule has 8 nitrogen and oxygen atoms in total. The summed E-state index contributed by atoms with van der Waals surface area (Å²) in [5, 5.41) is 2.40. The minimum atomic E-state index is -3.97. The quantitative estimate of drug-likeness (QED) is 0.352. The molecule has 0 aliphatic carbocycles. The molecular formula is C25H23FN2O6S. The second kappa shape index (κ2) is 10.9. The van der Waals surface area contributed by atoms with E-state index < -0.39 is 40.1 Å². The Labute approximate surface area is 202 Å². The van der Waals surface area contributed by atoms with Crippen LogP contribution < -0.4 is 9.62 Å². The molecule has 0 radical (unpaired) electrons. The van der Waals surface area contributed by atoms with E-state index in [-0.39, 0.29) is 28.3 Å². The van der Waals surface area contributed by atoms with Gasteiger partial charge in [-0.05, 0) is 55.5 Å². The first-order valence-corrected chi connectivity index (χ1v) is 12.0. The number of ether oxygens (including phenoxy) is 1. The molecule has 0 spiro atoms. The van der Waals surface area contributed by atoms with E-state index in [1.165, 1.54) is 41.6 Å². The highest BCUT2D eigenvalue weighted by molar-refractivity contribution is 7.92. The van der Waals surface area contributed by atoms with Gasteiger partial charge in [-0.3, -0.25) is 13.9 Å². The van der Waals surface area contributed by atoms with Crippen LogP contribution in [0.1, 0.15) is 34.6 Å². The van der Waals surface area contributed by atoms with Gasteiger partial charge < -0.3 is 10.1 Å². The number of esters is 1. The first kappa shape index (κ1) is 25.6. The average molecular weight is 499 g/mol. The molecule has 0 heterocycles. The summed E-state index contributed by atoms with van der Waals surface area (Å²) < 4.78 is 46.8. The first-order chi connectivity index (χ1) is 16.6. The van der Waals surface area contributed by atoms with Crippen LogP contribution in [0.5, 0.6) is 0 Å². The molecule has 0 aromatic heterocycles. The molecule has 0 saturated heterocycles. The number of ketones is 1. The fourth-order valence-electron chi connectivity index (χ4n) is 3.31. The summed E-state index contributed by atoms with van der Waals surface area (Å²) in [7, 11) is -3.97. The molecule has 0 aliphatic rings. The van der Waals surface area contributed by atoms with Crippen molar-refractivity contribution in [2.45, 2.75) is 18.7 Å². The number of halogens is 1. The SMILES string of the molecule is CCN(c1ccccc1)S(=O)(=O)c1cccc(C(=O)OCC(=O)c2ccc(NC(C)=O)cc2F)c1. The lowest BCUT2D eigenvalue weighted by molar-refractivity contribution is -0.114. The summed E-state index contributed by atoms with van der Waals surface area (Å²) >= 11 is 0. The summed E-state index contributed by atoms with van der Waals surface area (Å²) in [6, 6.07) is 17.3. The van der Waals surface area contributed by atoms with E-state index in [9.17, 15) is 27.2 Å². The van der Waals surface area contributed by atoms with Crippen LogP contribution in [0, 0.1) is 5.82 Å². The summed E-state index contributed by atoms with van der Waals surface area (Å²) in [6.45, 7) is 2.37. The Kier molecular flexibility index (Phi) is 7.98. The zero-order valence-corrected chi connectivity index (χ0v) is 19.8. The monoisotopic (exact) mass is 498 g/mol. The van der Waals surface area contributed by atoms with Gasteiger partial charge in [0.1, 0.15) is 5.82 Å². The standard InChI is InChI=1S/C25H23FN2O6S/c1-3-28(20-9-5-4-6-10-20)35(32,33)21-11-7-8-18(14-21)25(31)34-16-24(30)22-13-12-19(15-23(22)26)27-17(2)29/h4-15H,3,16H2,1-2H3,(H,27,29). The van der Waals surface area contributed by atoms with Gasteiger partial charge in [0.15, 0.2) is 6.61 Å². The lowest BCUT2D eigenvalue weighted by atomic mass is 10.1. The Morgan fingerprint density at radius 2 is 1.69 bits per heavy atom. The highest BCUT2D eigenvalue weighted by Gasteiger charge is 2.25. The highest BCUT2D eigenvalue weighted by atomic mass is 32.2. The van der Waals surface area contributed by atoms with Gasteiger partial charge in [-0.1, -0.05) is 24.3 Å². The maximum atomic E-state index is 14.2. The van der Waals surface area contributed by atoms with Gasteiger partial charge in [-0.25, -0.2) is 17.6 Å².